The highest BCUT2D eigenvalue weighted by atomic mass is 32.2. The van der Waals surface area contributed by atoms with Crippen LogP contribution < -0.4 is 11.5 Å². The van der Waals surface area contributed by atoms with Gasteiger partial charge in [0.05, 0.1) is 4.87 Å². The van der Waals surface area contributed by atoms with Crippen molar-refractivity contribution in [2.45, 2.75) is 11.8 Å². The fourth-order valence-corrected chi connectivity index (χ4v) is 2.63. The highest BCUT2D eigenvalue weighted by Crippen LogP contribution is 2.37. The van der Waals surface area contributed by atoms with Crippen LogP contribution in [-0.4, -0.2) is 17.4 Å². The summed E-state index contributed by atoms with van der Waals surface area (Å²) >= 11 is 3.31. The molecule has 0 aromatic carbocycles. The van der Waals surface area contributed by atoms with Crippen molar-refractivity contribution in [3.8, 4) is 0 Å². The van der Waals surface area contributed by atoms with Crippen LogP contribution in [0, 0.1) is 5.92 Å². The average Bonchev–Trinajstić information content (AvgIpc) is 2.15. The first kappa shape index (κ1) is 11.0. The second-order valence-corrected chi connectivity index (χ2v) is 5.10. The van der Waals surface area contributed by atoms with Gasteiger partial charge in [0.1, 0.15) is 0 Å². The molecule has 0 aliphatic heterocycles. The molecule has 0 radical (unpaired) electrons. The molecule has 1 rings (SSSR count). The minimum Gasteiger partial charge on any atom is -0.401 e. The third-order valence-corrected chi connectivity index (χ3v) is 4.50. The summed E-state index contributed by atoms with van der Waals surface area (Å²) in [4.78, 5) is 0.811. The van der Waals surface area contributed by atoms with Gasteiger partial charge in [-0.25, -0.2) is 0 Å². The summed E-state index contributed by atoms with van der Waals surface area (Å²) in [5, 5.41) is 0. The molecular weight excluding hydrogens is 200 g/mol. The van der Waals surface area contributed by atoms with Crippen LogP contribution in [0.4, 0.5) is 0 Å². The molecule has 1 aliphatic rings. The highest BCUT2D eigenvalue weighted by Gasteiger charge is 2.33. The van der Waals surface area contributed by atoms with E-state index in [0.717, 1.165) is 10.6 Å². The topological polar surface area (TPSA) is 52.0 Å². The Labute approximate surface area is 88.2 Å². The molecule has 0 aromatic heterocycles. The van der Waals surface area contributed by atoms with Gasteiger partial charge in [0.25, 0.3) is 0 Å². The zero-order valence-corrected chi connectivity index (χ0v) is 9.84. The molecule has 4 N–H and O–H groups in total. The van der Waals surface area contributed by atoms with Gasteiger partial charge in [-0.3, -0.25) is 0 Å². The molecule has 2 atom stereocenters. The Morgan fingerprint density at radius 1 is 1.46 bits per heavy atom. The first-order valence-electron chi connectivity index (χ1n) is 4.12. The lowest BCUT2D eigenvalue weighted by Crippen LogP contribution is -2.44. The fraction of sp³-hybridized carbons (Fsp3) is 0.556. The Morgan fingerprint density at radius 3 is 2.54 bits per heavy atom. The zero-order valence-electron chi connectivity index (χ0n) is 8.20. The Kier molecular flexibility index (Phi) is 3.38. The molecular formula is C9H16N2S2. The standard InChI is InChI=1S/C9H16N2S2/c1-6-8(10)7(12-2)4-5-9(6,11)13-3/h4-6H,10-11H2,1-3H3. The van der Waals surface area contributed by atoms with Gasteiger partial charge < -0.3 is 11.5 Å². The molecule has 2 unspecified atom stereocenters. The molecule has 1 aliphatic carbocycles. The summed E-state index contributed by atoms with van der Waals surface area (Å²) in [6.07, 6.45) is 8.11. The first-order chi connectivity index (χ1) is 6.05. The van der Waals surface area contributed by atoms with Gasteiger partial charge >= 0.3 is 0 Å². The predicted octanol–water partition coefficient (Wildman–Crippen LogP) is 1.74. The number of hydrogen-bond donors (Lipinski definition) is 2. The molecule has 0 fully saturated rings. The lowest BCUT2D eigenvalue weighted by atomic mass is 9.94. The molecule has 0 bridgehead atoms. The number of rotatable bonds is 2. The van der Waals surface area contributed by atoms with Gasteiger partial charge in [0, 0.05) is 16.5 Å². The van der Waals surface area contributed by atoms with Crippen molar-refractivity contribution in [2.24, 2.45) is 17.4 Å². The normalized spacial score (nSPS) is 34.0. The van der Waals surface area contributed by atoms with Crippen LogP contribution in [0.15, 0.2) is 22.8 Å². The van der Waals surface area contributed by atoms with E-state index in [4.69, 9.17) is 11.5 Å². The molecule has 0 heterocycles. The lowest BCUT2D eigenvalue weighted by molar-refractivity contribution is 0.540. The van der Waals surface area contributed by atoms with Gasteiger partial charge in [-0.2, -0.15) is 0 Å². The zero-order chi connectivity index (χ0) is 10.1. The maximum Gasteiger partial charge on any atom is 0.0888 e. The van der Waals surface area contributed by atoms with E-state index in [1.165, 1.54) is 0 Å². The molecule has 0 spiro atoms. The second kappa shape index (κ2) is 3.98. The van der Waals surface area contributed by atoms with Crippen molar-refractivity contribution < 1.29 is 0 Å². The smallest absolute Gasteiger partial charge is 0.0888 e. The Bertz CT molecular complexity index is 260. The van der Waals surface area contributed by atoms with E-state index in [2.05, 4.69) is 6.92 Å². The monoisotopic (exact) mass is 216 g/mol. The quantitative estimate of drug-likeness (QED) is 0.690. The van der Waals surface area contributed by atoms with E-state index in [9.17, 15) is 0 Å². The van der Waals surface area contributed by atoms with E-state index < -0.39 is 0 Å². The Balaban J connectivity index is 2.99. The Morgan fingerprint density at radius 2 is 2.08 bits per heavy atom. The number of allylic oxidation sites excluding steroid dienone is 1. The summed E-state index contributed by atoms with van der Waals surface area (Å²) in [7, 11) is 0. The second-order valence-electron chi connectivity index (χ2n) is 3.14. The van der Waals surface area contributed by atoms with Crippen LogP contribution in [0.5, 0.6) is 0 Å². The fourth-order valence-electron chi connectivity index (χ4n) is 1.33. The van der Waals surface area contributed by atoms with E-state index in [1.807, 2.05) is 24.7 Å². The van der Waals surface area contributed by atoms with Gasteiger partial charge in [-0.05, 0) is 18.6 Å². The van der Waals surface area contributed by atoms with Crippen LogP contribution in [0.2, 0.25) is 0 Å². The SMILES string of the molecule is CSC1=C(N)C(C)C(N)(SC)C=C1. The maximum atomic E-state index is 6.16. The van der Waals surface area contributed by atoms with Crippen LogP contribution in [-0.2, 0) is 0 Å². The molecule has 0 aromatic rings. The molecule has 13 heavy (non-hydrogen) atoms. The molecule has 0 amide bonds. The molecule has 74 valence electrons. The summed E-state index contributed by atoms with van der Waals surface area (Å²) < 4.78 is 0. The number of hydrogen-bond acceptors (Lipinski definition) is 4. The minimum atomic E-state index is -0.330. The average molecular weight is 216 g/mol. The van der Waals surface area contributed by atoms with Crippen LogP contribution in [0.1, 0.15) is 6.92 Å². The largest absolute Gasteiger partial charge is 0.401 e. The molecule has 0 saturated carbocycles. The van der Waals surface area contributed by atoms with Gasteiger partial charge in [-0.15, -0.1) is 23.5 Å². The van der Waals surface area contributed by atoms with Gasteiger partial charge in [-0.1, -0.05) is 13.0 Å². The Hall–Kier alpha value is -0.0600. The van der Waals surface area contributed by atoms with Crippen molar-refractivity contribution in [3.63, 3.8) is 0 Å². The summed E-state index contributed by atoms with van der Waals surface area (Å²) in [6, 6.07) is 0. The third kappa shape index (κ3) is 1.90. The number of nitrogens with two attached hydrogens (primary N) is 2. The van der Waals surface area contributed by atoms with E-state index in [-0.39, 0.29) is 10.8 Å². The molecule has 4 heteroatoms. The van der Waals surface area contributed by atoms with Crippen molar-refractivity contribution in [1.82, 2.24) is 0 Å². The van der Waals surface area contributed by atoms with Gasteiger partial charge in [0.15, 0.2) is 0 Å². The molecule has 0 saturated heterocycles. The van der Waals surface area contributed by atoms with Crippen LogP contribution >= 0.6 is 23.5 Å². The molecule has 2 nitrogen and oxygen atoms in total. The van der Waals surface area contributed by atoms with E-state index in [0.29, 0.717) is 0 Å². The summed E-state index contributed by atoms with van der Waals surface area (Å²) in [5.41, 5.74) is 13.1. The van der Waals surface area contributed by atoms with Crippen LogP contribution in [0.25, 0.3) is 0 Å². The van der Waals surface area contributed by atoms with Gasteiger partial charge in [0.2, 0.25) is 0 Å². The lowest BCUT2D eigenvalue weighted by Gasteiger charge is -2.34. The summed E-state index contributed by atoms with van der Waals surface area (Å²) in [6.45, 7) is 2.07. The summed E-state index contributed by atoms with van der Waals surface area (Å²) in [5.74, 6) is 0.204. The van der Waals surface area contributed by atoms with Crippen molar-refractivity contribution >= 4 is 23.5 Å². The maximum absolute atomic E-state index is 6.16. The van der Waals surface area contributed by atoms with Crippen molar-refractivity contribution in [3.05, 3.63) is 22.8 Å². The highest BCUT2D eigenvalue weighted by molar-refractivity contribution is 8.02. The third-order valence-electron chi connectivity index (χ3n) is 2.50. The predicted molar refractivity (Wildman–Crippen MR) is 63.5 cm³/mol. The van der Waals surface area contributed by atoms with E-state index in [1.54, 1.807) is 23.5 Å². The van der Waals surface area contributed by atoms with Crippen molar-refractivity contribution in [1.29, 1.82) is 0 Å². The number of thioether (sulfide) groups is 2. The van der Waals surface area contributed by atoms with Crippen LogP contribution in [0.3, 0.4) is 0 Å². The van der Waals surface area contributed by atoms with Crippen molar-refractivity contribution in [2.75, 3.05) is 12.5 Å². The van der Waals surface area contributed by atoms with E-state index >= 15 is 0 Å². The minimum absolute atomic E-state index is 0.204. The first-order valence-corrected chi connectivity index (χ1v) is 6.57.